The number of benzene rings is 3. The number of carbonyl (C=O) groups is 1. The van der Waals surface area contributed by atoms with E-state index in [0.29, 0.717) is 44.4 Å². The van der Waals surface area contributed by atoms with Crippen molar-refractivity contribution in [2.45, 2.75) is 19.4 Å². The SMILES string of the molecule is CCC(c1nc2ccccc2c(=O)n1-c1cccc(Cl)c1)N(C)C(=O)c1ccccc1Cl. The van der Waals surface area contributed by atoms with Crippen LogP contribution >= 0.6 is 23.2 Å². The minimum absolute atomic E-state index is 0.218. The second-order valence-corrected chi connectivity index (χ2v) is 8.27. The number of hydrogen-bond acceptors (Lipinski definition) is 3. The number of carbonyl (C=O) groups excluding carboxylic acids is 1. The van der Waals surface area contributed by atoms with Gasteiger partial charge in [-0.3, -0.25) is 14.2 Å². The van der Waals surface area contributed by atoms with Gasteiger partial charge in [-0.05, 0) is 48.9 Å². The Labute approximate surface area is 195 Å². The number of para-hydroxylation sites is 1. The van der Waals surface area contributed by atoms with Crippen molar-refractivity contribution in [2.24, 2.45) is 0 Å². The lowest BCUT2D eigenvalue weighted by Gasteiger charge is -2.29. The molecule has 3 aromatic carbocycles. The number of fused-ring (bicyclic) bond motifs is 1. The van der Waals surface area contributed by atoms with Gasteiger partial charge in [0.1, 0.15) is 5.82 Å². The summed E-state index contributed by atoms with van der Waals surface area (Å²) >= 11 is 12.5. The first-order valence-corrected chi connectivity index (χ1v) is 11.0. The van der Waals surface area contributed by atoms with E-state index in [-0.39, 0.29) is 11.5 Å². The second-order valence-electron chi connectivity index (χ2n) is 7.43. The molecule has 1 amide bonds. The average molecular weight is 466 g/mol. The molecule has 0 saturated carbocycles. The number of rotatable bonds is 5. The van der Waals surface area contributed by atoms with Gasteiger partial charge in [-0.2, -0.15) is 0 Å². The summed E-state index contributed by atoms with van der Waals surface area (Å²) in [5.74, 6) is 0.212. The van der Waals surface area contributed by atoms with E-state index in [1.807, 2.05) is 13.0 Å². The van der Waals surface area contributed by atoms with Gasteiger partial charge < -0.3 is 4.90 Å². The smallest absolute Gasteiger partial charge is 0.266 e. The van der Waals surface area contributed by atoms with E-state index in [0.717, 1.165) is 0 Å². The first-order chi connectivity index (χ1) is 15.4. The number of aromatic nitrogens is 2. The third-order valence-electron chi connectivity index (χ3n) is 5.44. The fourth-order valence-corrected chi connectivity index (χ4v) is 4.24. The first-order valence-electron chi connectivity index (χ1n) is 10.2. The monoisotopic (exact) mass is 465 g/mol. The van der Waals surface area contributed by atoms with E-state index < -0.39 is 6.04 Å². The summed E-state index contributed by atoms with van der Waals surface area (Å²) in [6.07, 6.45) is 0.540. The average Bonchev–Trinajstić information content (AvgIpc) is 2.79. The molecule has 0 aliphatic rings. The van der Waals surface area contributed by atoms with Crippen molar-refractivity contribution >= 4 is 40.0 Å². The van der Waals surface area contributed by atoms with Gasteiger partial charge in [0.05, 0.1) is 33.2 Å². The first kappa shape index (κ1) is 22.1. The van der Waals surface area contributed by atoms with Crippen molar-refractivity contribution in [3.63, 3.8) is 0 Å². The van der Waals surface area contributed by atoms with E-state index in [1.54, 1.807) is 83.2 Å². The Kier molecular flexibility index (Phi) is 6.31. The van der Waals surface area contributed by atoms with Gasteiger partial charge in [0.25, 0.3) is 11.5 Å². The van der Waals surface area contributed by atoms with Crippen LogP contribution in [0.5, 0.6) is 0 Å². The van der Waals surface area contributed by atoms with Crippen LogP contribution in [-0.2, 0) is 0 Å². The Morgan fingerprint density at radius 3 is 2.47 bits per heavy atom. The maximum atomic E-state index is 13.6. The summed E-state index contributed by atoms with van der Waals surface area (Å²) in [5, 5.41) is 1.37. The Bertz CT molecular complexity index is 1370. The fourth-order valence-electron chi connectivity index (χ4n) is 3.83. The van der Waals surface area contributed by atoms with Crippen LogP contribution in [0.1, 0.15) is 35.6 Å². The summed E-state index contributed by atoms with van der Waals surface area (Å²) in [6, 6.07) is 20.7. The standard InChI is InChI=1S/C25H21Cl2N3O2/c1-3-22(29(2)24(31)18-11-4-6-13-20(18)27)23-28-21-14-7-5-12-19(21)25(32)30(23)17-10-8-9-16(26)15-17/h4-15,22H,3H2,1-2H3. The highest BCUT2D eigenvalue weighted by atomic mass is 35.5. The van der Waals surface area contributed by atoms with Gasteiger partial charge in [-0.15, -0.1) is 0 Å². The largest absolute Gasteiger partial charge is 0.331 e. The van der Waals surface area contributed by atoms with E-state index in [2.05, 4.69) is 0 Å². The highest BCUT2D eigenvalue weighted by Crippen LogP contribution is 2.28. The summed E-state index contributed by atoms with van der Waals surface area (Å²) in [5.41, 5.74) is 1.34. The third kappa shape index (κ3) is 4.01. The quantitative estimate of drug-likeness (QED) is 0.367. The molecule has 1 unspecified atom stereocenters. The Morgan fingerprint density at radius 2 is 1.75 bits per heavy atom. The van der Waals surface area contributed by atoms with Crippen molar-refractivity contribution in [3.8, 4) is 5.69 Å². The van der Waals surface area contributed by atoms with Gasteiger partial charge in [-0.1, -0.05) is 60.5 Å². The third-order valence-corrected chi connectivity index (χ3v) is 6.01. The van der Waals surface area contributed by atoms with Crippen molar-refractivity contribution in [2.75, 3.05) is 7.05 Å². The highest BCUT2D eigenvalue weighted by Gasteiger charge is 2.28. The second kappa shape index (κ2) is 9.15. The van der Waals surface area contributed by atoms with Crippen molar-refractivity contribution in [3.05, 3.63) is 105 Å². The number of halogens is 2. The zero-order chi connectivity index (χ0) is 22.8. The molecule has 0 bridgehead atoms. The molecule has 7 heteroatoms. The predicted octanol–water partition coefficient (Wildman–Crippen LogP) is 5.92. The number of hydrogen-bond donors (Lipinski definition) is 0. The maximum Gasteiger partial charge on any atom is 0.266 e. The predicted molar refractivity (Wildman–Crippen MR) is 129 cm³/mol. The molecule has 0 aliphatic carbocycles. The molecule has 5 nitrogen and oxygen atoms in total. The lowest BCUT2D eigenvalue weighted by Crippen LogP contribution is -2.36. The minimum atomic E-state index is -0.477. The van der Waals surface area contributed by atoms with Gasteiger partial charge >= 0.3 is 0 Å². The Hall–Kier alpha value is -3.15. The molecule has 1 atom stereocenters. The molecule has 0 radical (unpaired) electrons. The topological polar surface area (TPSA) is 55.2 Å². The maximum absolute atomic E-state index is 13.6. The van der Waals surface area contributed by atoms with Gasteiger partial charge in [0, 0.05) is 12.1 Å². The molecule has 1 heterocycles. The minimum Gasteiger partial charge on any atom is -0.331 e. The van der Waals surface area contributed by atoms with Gasteiger partial charge in [0.15, 0.2) is 0 Å². The molecule has 32 heavy (non-hydrogen) atoms. The van der Waals surface area contributed by atoms with Crippen LogP contribution in [0.15, 0.2) is 77.6 Å². The molecule has 0 aliphatic heterocycles. The fraction of sp³-hybridized carbons (Fsp3) is 0.160. The molecule has 1 aromatic heterocycles. The van der Waals surface area contributed by atoms with E-state index >= 15 is 0 Å². The van der Waals surface area contributed by atoms with E-state index in [1.165, 1.54) is 0 Å². The zero-order valence-corrected chi connectivity index (χ0v) is 19.1. The molecule has 0 fully saturated rings. The Morgan fingerprint density at radius 1 is 1.03 bits per heavy atom. The summed E-state index contributed by atoms with van der Waals surface area (Å²) in [4.78, 5) is 33.3. The molecule has 0 saturated heterocycles. The van der Waals surface area contributed by atoms with Crippen molar-refractivity contribution < 1.29 is 4.79 Å². The zero-order valence-electron chi connectivity index (χ0n) is 17.6. The van der Waals surface area contributed by atoms with Crippen LogP contribution in [0, 0.1) is 0 Å². The Balaban J connectivity index is 1.93. The molecule has 162 valence electrons. The van der Waals surface area contributed by atoms with Crippen LogP contribution < -0.4 is 5.56 Å². The summed E-state index contributed by atoms with van der Waals surface area (Å²) in [6.45, 7) is 1.95. The summed E-state index contributed by atoms with van der Waals surface area (Å²) < 4.78 is 1.54. The van der Waals surface area contributed by atoms with Crippen LogP contribution in [0.25, 0.3) is 16.6 Å². The lowest BCUT2D eigenvalue weighted by atomic mass is 10.1. The lowest BCUT2D eigenvalue weighted by molar-refractivity contribution is 0.0717. The van der Waals surface area contributed by atoms with Crippen molar-refractivity contribution in [1.82, 2.24) is 14.5 Å². The molecule has 0 spiro atoms. The molecule has 4 aromatic rings. The number of amides is 1. The normalized spacial score (nSPS) is 12.0. The molecule has 4 rings (SSSR count). The molecular formula is C25H21Cl2N3O2. The highest BCUT2D eigenvalue weighted by molar-refractivity contribution is 6.33. The summed E-state index contributed by atoms with van der Waals surface area (Å²) in [7, 11) is 1.70. The number of nitrogens with zero attached hydrogens (tertiary/aromatic N) is 3. The van der Waals surface area contributed by atoms with Crippen LogP contribution in [-0.4, -0.2) is 27.4 Å². The van der Waals surface area contributed by atoms with E-state index in [9.17, 15) is 9.59 Å². The molecular weight excluding hydrogens is 445 g/mol. The van der Waals surface area contributed by atoms with Gasteiger partial charge in [0.2, 0.25) is 0 Å². The van der Waals surface area contributed by atoms with Crippen LogP contribution in [0.4, 0.5) is 0 Å². The van der Waals surface area contributed by atoms with Crippen LogP contribution in [0.2, 0.25) is 10.0 Å². The van der Waals surface area contributed by atoms with Crippen LogP contribution in [0.3, 0.4) is 0 Å². The molecule has 0 N–H and O–H groups in total. The van der Waals surface area contributed by atoms with Crippen molar-refractivity contribution in [1.29, 1.82) is 0 Å². The van der Waals surface area contributed by atoms with E-state index in [4.69, 9.17) is 28.2 Å². The van der Waals surface area contributed by atoms with Gasteiger partial charge in [-0.25, -0.2) is 4.98 Å².